The van der Waals surface area contributed by atoms with Gasteiger partial charge in [0.1, 0.15) is 19.3 Å². The van der Waals surface area contributed by atoms with Crippen LogP contribution in [0.25, 0.3) is 0 Å². The molecule has 0 saturated heterocycles. The molecule has 0 heterocycles. The average molecular weight is 1550 g/mol. The second-order valence-corrected chi connectivity index (χ2v) is 34.9. The summed E-state index contributed by atoms with van der Waals surface area (Å²) < 4.78 is 69.0. The first-order valence-corrected chi connectivity index (χ1v) is 48.0. The van der Waals surface area contributed by atoms with E-state index in [9.17, 15) is 43.2 Å². The van der Waals surface area contributed by atoms with Crippen LogP contribution in [0.5, 0.6) is 0 Å². The highest BCUT2D eigenvalue weighted by molar-refractivity contribution is 7.47. The Morgan fingerprint density at radius 2 is 0.481 bits per heavy atom. The molecule has 0 saturated carbocycles. The summed E-state index contributed by atoms with van der Waals surface area (Å²) in [5.41, 5.74) is 0. The predicted octanol–water partition coefficient (Wildman–Crippen LogP) is 26.6. The summed E-state index contributed by atoms with van der Waals surface area (Å²) in [5.74, 6) is -0.537. The number of hydrogen-bond acceptors (Lipinski definition) is 15. The van der Waals surface area contributed by atoms with Gasteiger partial charge in [0.05, 0.1) is 26.4 Å². The molecule has 0 radical (unpaired) electrons. The molecule has 0 aliphatic carbocycles. The first kappa shape index (κ1) is 104. The number of esters is 4. The van der Waals surface area contributed by atoms with Crippen molar-refractivity contribution in [3.63, 3.8) is 0 Å². The number of unbranched alkanes of at least 4 members (excludes halogenated alkanes) is 55. The molecule has 0 fully saturated rings. The lowest BCUT2D eigenvalue weighted by atomic mass is 9.99. The van der Waals surface area contributed by atoms with E-state index in [0.717, 1.165) is 102 Å². The van der Waals surface area contributed by atoms with Gasteiger partial charge in [-0.25, -0.2) is 9.13 Å². The van der Waals surface area contributed by atoms with Gasteiger partial charge < -0.3 is 33.8 Å². The number of carbonyl (C=O) groups excluding carboxylic acids is 4. The van der Waals surface area contributed by atoms with Gasteiger partial charge in [-0.2, -0.15) is 0 Å². The molecule has 0 aromatic carbocycles. The van der Waals surface area contributed by atoms with Crippen molar-refractivity contribution >= 4 is 39.5 Å². The Hall–Kier alpha value is -1.94. The van der Waals surface area contributed by atoms with E-state index in [4.69, 9.17) is 37.0 Å². The molecule has 0 amide bonds. The normalized spacial score (nSPS) is 14.1. The van der Waals surface area contributed by atoms with Crippen molar-refractivity contribution in [3.05, 3.63) is 0 Å². The van der Waals surface area contributed by atoms with Crippen LogP contribution in [0, 0.1) is 11.8 Å². The number of carbonyl (C=O) groups is 4. The summed E-state index contributed by atoms with van der Waals surface area (Å²) in [6.45, 7) is 9.70. The van der Waals surface area contributed by atoms with Crippen molar-refractivity contribution in [2.24, 2.45) is 11.8 Å². The van der Waals surface area contributed by atoms with E-state index in [2.05, 4.69) is 41.5 Å². The smallest absolute Gasteiger partial charge is 0.462 e. The van der Waals surface area contributed by atoms with E-state index in [1.807, 2.05) is 0 Å². The highest BCUT2D eigenvalue weighted by atomic mass is 31.2. The Kier molecular flexibility index (Phi) is 76.9. The molecule has 17 nitrogen and oxygen atoms in total. The highest BCUT2D eigenvalue weighted by Crippen LogP contribution is 2.45. The van der Waals surface area contributed by atoms with Gasteiger partial charge in [-0.05, 0) is 37.5 Å². The molecule has 0 bridgehead atoms. The molecule has 630 valence electrons. The fourth-order valence-electron chi connectivity index (χ4n) is 13.6. The van der Waals surface area contributed by atoms with Crippen LogP contribution in [0.1, 0.15) is 465 Å². The van der Waals surface area contributed by atoms with Crippen LogP contribution >= 0.6 is 15.6 Å². The summed E-state index contributed by atoms with van der Waals surface area (Å²) >= 11 is 0. The number of phosphoric ester groups is 2. The molecule has 106 heavy (non-hydrogen) atoms. The zero-order valence-corrected chi connectivity index (χ0v) is 71.5. The maximum absolute atomic E-state index is 13.2. The minimum Gasteiger partial charge on any atom is -0.462 e. The van der Waals surface area contributed by atoms with E-state index in [0.29, 0.717) is 25.7 Å². The van der Waals surface area contributed by atoms with Gasteiger partial charge in [-0.15, -0.1) is 0 Å². The van der Waals surface area contributed by atoms with Gasteiger partial charge in [0.2, 0.25) is 0 Å². The molecular formula is C87H170O17P2. The summed E-state index contributed by atoms with van der Waals surface area (Å²) in [4.78, 5) is 73.3. The number of rotatable bonds is 86. The molecule has 3 unspecified atom stereocenters. The van der Waals surface area contributed by atoms with Gasteiger partial charge in [0.25, 0.3) is 0 Å². The Bertz CT molecular complexity index is 2030. The number of phosphoric acid groups is 2. The zero-order chi connectivity index (χ0) is 77.8. The van der Waals surface area contributed by atoms with E-state index in [1.165, 1.54) is 283 Å². The molecule has 0 aromatic heterocycles. The van der Waals surface area contributed by atoms with Gasteiger partial charge in [-0.1, -0.05) is 414 Å². The SMILES string of the molecule is CCCCCCCCCCCCCCCCCCCCCC(=O)OC[C@H](COP(=O)(O)OC[C@@H](O)COP(=O)(O)OC[C@@H](COC(=O)CCCCCCCCCCC(C)CC)OC(=O)CCCCCCCCCCCCCCCC(C)C)OC(=O)CCCCCCCCCCCCCCCCCCCCC. The Balaban J connectivity index is 5.26. The summed E-state index contributed by atoms with van der Waals surface area (Å²) in [6.07, 6.45) is 70.8. The molecular weight excluding hydrogens is 1380 g/mol. The fourth-order valence-corrected chi connectivity index (χ4v) is 15.1. The zero-order valence-electron chi connectivity index (χ0n) is 69.7. The number of hydrogen-bond donors (Lipinski definition) is 3. The molecule has 3 N–H and O–H groups in total. The lowest BCUT2D eigenvalue weighted by Crippen LogP contribution is -2.30. The standard InChI is InChI=1S/C87H170O17P2/c1-7-10-12-14-16-18-20-22-24-26-28-30-32-36-40-44-51-57-63-69-84(89)97-75-82(103-86(91)71-65-59-53-45-41-37-33-31-29-27-25-23-21-19-17-15-13-11-8-2)77-101-105(93,94)99-73-81(88)74-100-106(95,96)102-78-83(76-98-85(90)70-64-58-52-48-47-50-56-62-68-80(6)9-3)104-87(92)72-66-60-54-46-42-38-34-35-39-43-49-55-61-67-79(4)5/h79-83,88H,7-78H2,1-6H3,(H,93,94)(H,95,96)/t80?,81-,82-,83-/m1/s1. The summed E-state index contributed by atoms with van der Waals surface area (Å²) in [7, 11) is -9.93. The molecule has 0 rings (SSSR count). The maximum Gasteiger partial charge on any atom is 0.472 e. The van der Waals surface area contributed by atoms with Gasteiger partial charge >= 0.3 is 39.5 Å². The third kappa shape index (κ3) is 78.7. The maximum atomic E-state index is 13.2. The largest absolute Gasteiger partial charge is 0.472 e. The molecule has 0 aliphatic rings. The Labute approximate surface area is 651 Å². The van der Waals surface area contributed by atoms with Crippen LogP contribution in [0.3, 0.4) is 0 Å². The Morgan fingerprint density at radius 3 is 0.717 bits per heavy atom. The van der Waals surface area contributed by atoms with Crippen LogP contribution in [0.15, 0.2) is 0 Å². The molecule has 19 heteroatoms. The van der Waals surface area contributed by atoms with Crippen molar-refractivity contribution in [2.45, 2.75) is 484 Å². The first-order valence-electron chi connectivity index (χ1n) is 45.0. The quantitative estimate of drug-likeness (QED) is 0.0222. The lowest BCUT2D eigenvalue weighted by molar-refractivity contribution is -0.161. The van der Waals surface area contributed by atoms with E-state index >= 15 is 0 Å². The van der Waals surface area contributed by atoms with Gasteiger partial charge in [0, 0.05) is 25.7 Å². The van der Waals surface area contributed by atoms with E-state index in [-0.39, 0.29) is 25.7 Å². The van der Waals surface area contributed by atoms with E-state index in [1.54, 1.807) is 0 Å². The van der Waals surface area contributed by atoms with Crippen LogP contribution in [0.2, 0.25) is 0 Å². The minimum absolute atomic E-state index is 0.107. The molecule has 0 aliphatic heterocycles. The minimum atomic E-state index is -4.97. The Morgan fingerprint density at radius 1 is 0.274 bits per heavy atom. The second-order valence-electron chi connectivity index (χ2n) is 32.0. The van der Waals surface area contributed by atoms with Crippen molar-refractivity contribution in [3.8, 4) is 0 Å². The van der Waals surface area contributed by atoms with Crippen molar-refractivity contribution in [2.75, 3.05) is 39.6 Å². The van der Waals surface area contributed by atoms with Gasteiger partial charge in [0.15, 0.2) is 12.2 Å². The second kappa shape index (κ2) is 78.3. The van der Waals surface area contributed by atoms with Crippen LogP contribution in [0.4, 0.5) is 0 Å². The number of aliphatic hydroxyl groups is 1. The van der Waals surface area contributed by atoms with Crippen LogP contribution < -0.4 is 0 Å². The third-order valence-corrected chi connectivity index (χ3v) is 22.7. The van der Waals surface area contributed by atoms with Crippen molar-refractivity contribution < 1.29 is 80.2 Å². The average Bonchev–Trinajstić information content (AvgIpc) is 0.900. The molecule has 0 aromatic rings. The predicted molar refractivity (Wildman–Crippen MR) is 437 cm³/mol. The van der Waals surface area contributed by atoms with Gasteiger partial charge in [-0.3, -0.25) is 37.3 Å². The third-order valence-electron chi connectivity index (χ3n) is 20.8. The van der Waals surface area contributed by atoms with E-state index < -0.39 is 97.5 Å². The highest BCUT2D eigenvalue weighted by Gasteiger charge is 2.30. The summed E-state index contributed by atoms with van der Waals surface area (Å²) in [5, 5.41) is 10.7. The molecule has 0 spiro atoms. The first-order chi connectivity index (χ1) is 51.4. The van der Waals surface area contributed by atoms with Crippen molar-refractivity contribution in [1.82, 2.24) is 0 Å². The fraction of sp³-hybridized carbons (Fsp3) is 0.954. The summed E-state index contributed by atoms with van der Waals surface area (Å²) in [6, 6.07) is 0. The molecule has 6 atom stereocenters. The number of ether oxygens (including phenoxy) is 4. The van der Waals surface area contributed by atoms with Crippen LogP contribution in [-0.4, -0.2) is 96.7 Å². The topological polar surface area (TPSA) is 237 Å². The monoisotopic (exact) mass is 1550 g/mol. The van der Waals surface area contributed by atoms with Crippen molar-refractivity contribution in [1.29, 1.82) is 0 Å². The number of aliphatic hydroxyl groups excluding tert-OH is 1. The van der Waals surface area contributed by atoms with Crippen LogP contribution in [-0.2, 0) is 65.4 Å². The lowest BCUT2D eigenvalue weighted by Gasteiger charge is -2.21.